The van der Waals surface area contributed by atoms with Crippen LogP contribution in [-0.4, -0.2) is 26.7 Å². The Morgan fingerprint density at radius 1 is 1.25 bits per heavy atom. The van der Waals surface area contributed by atoms with Crippen molar-refractivity contribution in [2.75, 3.05) is 25.6 Å². The third-order valence-corrected chi connectivity index (χ3v) is 5.25. The molecule has 0 bridgehead atoms. The van der Waals surface area contributed by atoms with Gasteiger partial charge in [0.1, 0.15) is 15.6 Å². The van der Waals surface area contributed by atoms with E-state index in [0.29, 0.717) is 11.5 Å². The molecule has 0 atom stereocenters. The molecular weight excluding hydrogens is 342 g/mol. The summed E-state index contributed by atoms with van der Waals surface area (Å²) in [5.41, 5.74) is 1.79. The van der Waals surface area contributed by atoms with Crippen LogP contribution in [-0.2, 0) is 4.74 Å². The molecule has 7 heteroatoms. The molecular formula is C17H17N3O2S2. The summed E-state index contributed by atoms with van der Waals surface area (Å²) in [5, 5.41) is 12.4. The fraction of sp³-hybridized carbons (Fsp3) is 0.235. The van der Waals surface area contributed by atoms with Gasteiger partial charge in [-0.3, -0.25) is 0 Å². The van der Waals surface area contributed by atoms with Crippen LogP contribution in [0, 0.1) is 0 Å². The number of nitrogens with zero attached hydrogens (tertiary/aromatic N) is 3. The molecule has 0 fully saturated rings. The highest BCUT2D eigenvalue weighted by molar-refractivity contribution is 7.21. The molecule has 0 aliphatic carbocycles. The Morgan fingerprint density at radius 2 is 2.08 bits per heavy atom. The number of esters is 1. The molecule has 2 heterocycles. The van der Waals surface area contributed by atoms with Gasteiger partial charge in [-0.15, -0.1) is 32.9 Å². The molecule has 124 valence electrons. The summed E-state index contributed by atoms with van der Waals surface area (Å²) < 4.78 is 6.06. The van der Waals surface area contributed by atoms with Crippen LogP contribution in [0.25, 0.3) is 10.1 Å². The van der Waals surface area contributed by atoms with Crippen LogP contribution >= 0.6 is 22.7 Å². The van der Waals surface area contributed by atoms with Gasteiger partial charge in [-0.1, -0.05) is 0 Å². The average molecular weight is 359 g/mol. The average Bonchev–Trinajstić information content (AvgIpc) is 3.22. The zero-order chi connectivity index (χ0) is 17.1. The van der Waals surface area contributed by atoms with E-state index < -0.39 is 0 Å². The molecule has 3 aromatic rings. The van der Waals surface area contributed by atoms with Crippen LogP contribution in [0.4, 0.5) is 16.4 Å². The lowest BCUT2D eigenvalue weighted by molar-refractivity contribution is 0.0532. The molecule has 0 saturated carbocycles. The standard InChI is InChI=1S/C17H17N3O2S2/c1-4-22-17(21)14-10-11-13(20(2)3)8-7-12(16(11)24-14)18-19-15-6-5-9-23-15/h5-10H,4H2,1-3H3/b19-18+. The molecule has 0 radical (unpaired) electrons. The van der Waals surface area contributed by atoms with E-state index in [0.717, 1.165) is 26.5 Å². The number of fused-ring (bicyclic) bond motifs is 1. The fourth-order valence-electron chi connectivity index (χ4n) is 2.30. The van der Waals surface area contributed by atoms with Gasteiger partial charge in [0.25, 0.3) is 0 Å². The summed E-state index contributed by atoms with van der Waals surface area (Å²) in [6.07, 6.45) is 0. The second-order valence-electron chi connectivity index (χ2n) is 5.22. The van der Waals surface area contributed by atoms with Crippen molar-refractivity contribution in [3.8, 4) is 0 Å². The van der Waals surface area contributed by atoms with Crippen LogP contribution in [0.2, 0.25) is 0 Å². The van der Waals surface area contributed by atoms with Gasteiger partial charge >= 0.3 is 5.97 Å². The van der Waals surface area contributed by atoms with Crippen molar-refractivity contribution in [2.45, 2.75) is 6.92 Å². The number of anilines is 1. The molecule has 0 saturated heterocycles. The van der Waals surface area contributed by atoms with Gasteiger partial charge in [0.15, 0.2) is 0 Å². The second kappa shape index (κ2) is 7.11. The van der Waals surface area contributed by atoms with E-state index in [4.69, 9.17) is 4.74 Å². The third-order valence-electron chi connectivity index (χ3n) is 3.36. The zero-order valence-electron chi connectivity index (χ0n) is 13.6. The number of hydrogen-bond donors (Lipinski definition) is 0. The molecule has 0 unspecified atom stereocenters. The maximum atomic E-state index is 12.1. The first-order chi connectivity index (χ1) is 11.6. The normalized spacial score (nSPS) is 11.3. The van der Waals surface area contributed by atoms with E-state index >= 15 is 0 Å². The summed E-state index contributed by atoms with van der Waals surface area (Å²) in [4.78, 5) is 14.7. The number of azo groups is 1. The summed E-state index contributed by atoms with van der Waals surface area (Å²) in [6, 6.07) is 9.65. The van der Waals surface area contributed by atoms with Crippen LogP contribution in [0.15, 0.2) is 45.9 Å². The Labute approximate surface area is 148 Å². The van der Waals surface area contributed by atoms with Gasteiger partial charge in [0.05, 0.1) is 11.3 Å². The second-order valence-corrected chi connectivity index (χ2v) is 7.20. The maximum absolute atomic E-state index is 12.1. The highest BCUT2D eigenvalue weighted by atomic mass is 32.1. The van der Waals surface area contributed by atoms with Crippen LogP contribution in [0.1, 0.15) is 16.6 Å². The van der Waals surface area contributed by atoms with Gasteiger partial charge in [0, 0.05) is 25.2 Å². The summed E-state index contributed by atoms with van der Waals surface area (Å²) in [6.45, 7) is 2.16. The van der Waals surface area contributed by atoms with Gasteiger partial charge in [-0.2, -0.15) is 0 Å². The smallest absolute Gasteiger partial charge is 0.348 e. The predicted octanol–water partition coefficient (Wildman–Crippen LogP) is 5.62. The predicted molar refractivity (Wildman–Crippen MR) is 101 cm³/mol. The topological polar surface area (TPSA) is 54.3 Å². The van der Waals surface area contributed by atoms with Crippen molar-refractivity contribution in [3.63, 3.8) is 0 Å². The fourth-order valence-corrected chi connectivity index (χ4v) is 3.86. The molecule has 24 heavy (non-hydrogen) atoms. The minimum Gasteiger partial charge on any atom is -0.462 e. The lowest BCUT2D eigenvalue weighted by Gasteiger charge is -2.14. The van der Waals surface area contributed by atoms with Crippen molar-refractivity contribution in [3.05, 3.63) is 40.6 Å². The Bertz CT molecular complexity index is 883. The minimum absolute atomic E-state index is 0.301. The number of carbonyl (C=O) groups excluding carboxylic acids is 1. The molecule has 0 N–H and O–H groups in total. The SMILES string of the molecule is CCOC(=O)c1cc2c(N(C)C)ccc(/N=N/c3cccs3)c2s1. The summed E-state index contributed by atoms with van der Waals surface area (Å²) in [5.74, 6) is -0.301. The maximum Gasteiger partial charge on any atom is 0.348 e. The largest absolute Gasteiger partial charge is 0.462 e. The van der Waals surface area contributed by atoms with Crippen LogP contribution < -0.4 is 4.90 Å². The minimum atomic E-state index is -0.301. The van der Waals surface area contributed by atoms with E-state index in [1.807, 2.05) is 54.7 Å². The quantitative estimate of drug-likeness (QED) is 0.439. The van der Waals surface area contributed by atoms with Gasteiger partial charge in [0.2, 0.25) is 0 Å². The van der Waals surface area contributed by atoms with Crippen molar-refractivity contribution < 1.29 is 9.53 Å². The van der Waals surface area contributed by atoms with E-state index in [-0.39, 0.29) is 5.97 Å². The van der Waals surface area contributed by atoms with Gasteiger partial charge in [-0.25, -0.2) is 4.79 Å². The first-order valence-corrected chi connectivity index (χ1v) is 9.16. The van der Waals surface area contributed by atoms with Gasteiger partial charge < -0.3 is 9.64 Å². The van der Waals surface area contributed by atoms with Crippen molar-refractivity contribution in [1.29, 1.82) is 0 Å². The number of thiophene rings is 2. The lowest BCUT2D eigenvalue weighted by Crippen LogP contribution is -2.08. The molecule has 0 spiro atoms. The summed E-state index contributed by atoms with van der Waals surface area (Å²) in [7, 11) is 3.95. The van der Waals surface area contributed by atoms with E-state index in [1.165, 1.54) is 22.7 Å². The molecule has 0 aliphatic heterocycles. The molecule has 5 nitrogen and oxygen atoms in total. The van der Waals surface area contributed by atoms with E-state index in [2.05, 4.69) is 10.2 Å². The van der Waals surface area contributed by atoms with Crippen molar-refractivity contribution >= 4 is 55.1 Å². The molecule has 0 aliphatic rings. The monoisotopic (exact) mass is 359 g/mol. The van der Waals surface area contributed by atoms with E-state index in [9.17, 15) is 4.79 Å². The third kappa shape index (κ3) is 3.32. The first-order valence-electron chi connectivity index (χ1n) is 7.46. The Balaban J connectivity index is 2.09. The Hall–Kier alpha value is -2.25. The van der Waals surface area contributed by atoms with Crippen LogP contribution in [0.5, 0.6) is 0 Å². The van der Waals surface area contributed by atoms with Crippen LogP contribution in [0.3, 0.4) is 0 Å². The summed E-state index contributed by atoms with van der Waals surface area (Å²) >= 11 is 2.92. The molecule has 3 rings (SSSR count). The van der Waals surface area contributed by atoms with Crippen molar-refractivity contribution in [2.24, 2.45) is 10.2 Å². The number of hydrogen-bond acceptors (Lipinski definition) is 7. The number of rotatable bonds is 5. The number of carbonyl (C=O) groups is 1. The molecule has 1 aromatic carbocycles. The first kappa shape index (κ1) is 16.6. The Kier molecular flexibility index (Phi) is 4.92. The van der Waals surface area contributed by atoms with Crippen molar-refractivity contribution in [1.82, 2.24) is 0 Å². The zero-order valence-corrected chi connectivity index (χ0v) is 15.3. The number of ether oxygens (including phenoxy) is 1. The highest BCUT2D eigenvalue weighted by Gasteiger charge is 2.16. The Morgan fingerprint density at radius 3 is 2.75 bits per heavy atom. The number of benzene rings is 1. The highest BCUT2D eigenvalue weighted by Crippen LogP contribution is 2.40. The molecule has 2 aromatic heterocycles. The van der Waals surface area contributed by atoms with E-state index in [1.54, 1.807) is 6.92 Å². The molecule has 0 amide bonds. The lowest BCUT2D eigenvalue weighted by atomic mass is 10.2. The van der Waals surface area contributed by atoms with Gasteiger partial charge in [-0.05, 0) is 42.6 Å².